The second kappa shape index (κ2) is 5.56. The second-order valence-electron chi connectivity index (χ2n) is 5.64. The van der Waals surface area contributed by atoms with Gasteiger partial charge in [0.15, 0.2) is 5.13 Å². The van der Waals surface area contributed by atoms with Crippen LogP contribution in [-0.2, 0) is 5.60 Å². The van der Waals surface area contributed by atoms with Crippen molar-refractivity contribution < 1.29 is 5.11 Å². The Morgan fingerprint density at radius 1 is 1.17 bits per heavy atom. The Hall–Kier alpha value is -2.02. The van der Waals surface area contributed by atoms with Crippen LogP contribution < -0.4 is 5.32 Å². The number of thiazole rings is 1. The summed E-state index contributed by atoms with van der Waals surface area (Å²) in [5.74, 6) is 0. The van der Waals surface area contributed by atoms with Crippen LogP contribution in [0.5, 0.6) is 0 Å². The molecule has 23 heavy (non-hydrogen) atoms. The number of pyridine rings is 1. The molecule has 116 valence electrons. The van der Waals surface area contributed by atoms with E-state index in [1.165, 1.54) is 10.1 Å². The van der Waals surface area contributed by atoms with Crippen LogP contribution in [0.15, 0.2) is 48.8 Å². The zero-order chi connectivity index (χ0) is 15.9. The first-order chi connectivity index (χ1) is 11.1. The largest absolute Gasteiger partial charge is 0.383 e. The summed E-state index contributed by atoms with van der Waals surface area (Å²) in [5, 5.41) is 16.1. The fourth-order valence-electron chi connectivity index (χ4n) is 2.44. The number of rotatable bonds is 4. The van der Waals surface area contributed by atoms with E-state index in [-0.39, 0.29) is 0 Å². The van der Waals surface area contributed by atoms with Gasteiger partial charge in [0.05, 0.1) is 17.4 Å². The van der Waals surface area contributed by atoms with E-state index in [1.54, 1.807) is 35.1 Å². The number of hydrogen-bond donors (Lipinski definition) is 2. The van der Waals surface area contributed by atoms with E-state index in [0.717, 1.165) is 20.2 Å². The maximum atomic E-state index is 10.8. The first kappa shape index (κ1) is 14.6. The molecule has 0 spiro atoms. The number of aliphatic hydroxyl groups is 1. The Balaban J connectivity index is 1.56. The number of fused-ring (bicyclic) bond motifs is 2. The Kier molecular flexibility index (Phi) is 3.52. The highest BCUT2D eigenvalue weighted by Crippen LogP contribution is 2.34. The van der Waals surface area contributed by atoms with Crippen LogP contribution in [0.25, 0.3) is 20.3 Å². The molecule has 0 fully saturated rings. The predicted molar refractivity (Wildman–Crippen MR) is 97.3 cm³/mol. The molecule has 4 nitrogen and oxygen atoms in total. The number of nitrogens with one attached hydrogen (secondary N) is 1. The van der Waals surface area contributed by atoms with Gasteiger partial charge in [0.1, 0.15) is 11.1 Å². The van der Waals surface area contributed by atoms with Crippen LogP contribution in [0.2, 0.25) is 0 Å². The first-order valence-electron chi connectivity index (χ1n) is 7.28. The summed E-state index contributed by atoms with van der Waals surface area (Å²) in [6, 6.07) is 12.2. The molecule has 0 saturated carbocycles. The lowest BCUT2D eigenvalue weighted by molar-refractivity contribution is 0.0755. The highest BCUT2D eigenvalue weighted by atomic mass is 32.1. The van der Waals surface area contributed by atoms with Crippen LogP contribution in [-0.4, -0.2) is 21.6 Å². The second-order valence-corrected chi connectivity index (χ2v) is 7.75. The third-order valence-electron chi connectivity index (χ3n) is 3.73. The average Bonchev–Trinajstić information content (AvgIpc) is 3.16. The van der Waals surface area contributed by atoms with E-state index in [2.05, 4.69) is 33.5 Å². The topological polar surface area (TPSA) is 58.0 Å². The highest BCUT2D eigenvalue weighted by molar-refractivity contribution is 7.22. The molecule has 2 N–H and O–H groups in total. The standard InChI is InChI=1S/C17H15N3OS2/c1-17(21,15-8-11-4-2-3-5-13(11)22-15)10-19-16-20-12-9-18-7-6-14(12)23-16/h2-9,21H,10H2,1H3,(H,19,20). The van der Waals surface area contributed by atoms with Crippen LogP contribution in [0.3, 0.4) is 0 Å². The molecule has 0 saturated heterocycles. The molecule has 4 aromatic rings. The van der Waals surface area contributed by atoms with Crippen molar-refractivity contribution in [3.05, 3.63) is 53.7 Å². The van der Waals surface area contributed by atoms with Gasteiger partial charge in [-0.3, -0.25) is 4.98 Å². The molecule has 4 rings (SSSR count). The van der Waals surface area contributed by atoms with Crippen molar-refractivity contribution >= 4 is 48.1 Å². The zero-order valence-electron chi connectivity index (χ0n) is 12.5. The van der Waals surface area contributed by atoms with Crippen molar-refractivity contribution in [2.75, 3.05) is 11.9 Å². The minimum atomic E-state index is -0.945. The Bertz CT molecular complexity index is 908. The molecule has 0 bridgehead atoms. The minimum absolute atomic E-state index is 0.410. The molecule has 0 aliphatic heterocycles. The highest BCUT2D eigenvalue weighted by Gasteiger charge is 2.25. The van der Waals surface area contributed by atoms with Gasteiger partial charge in [0.25, 0.3) is 0 Å². The third-order valence-corrected chi connectivity index (χ3v) is 6.09. The Morgan fingerprint density at radius 2 is 2.04 bits per heavy atom. The van der Waals surface area contributed by atoms with Crippen LogP contribution in [0.4, 0.5) is 5.13 Å². The SMILES string of the molecule is CC(O)(CNc1nc2cnccc2s1)c1cc2ccccc2s1. The Labute approximate surface area is 141 Å². The fraction of sp³-hybridized carbons (Fsp3) is 0.176. The summed E-state index contributed by atoms with van der Waals surface area (Å²) in [7, 11) is 0. The van der Waals surface area contributed by atoms with Gasteiger partial charge in [-0.25, -0.2) is 4.98 Å². The van der Waals surface area contributed by atoms with E-state index in [1.807, 2.05) is 25.1 Å². The van der Waals surface area contributed by atoms with Gasteiger partial charge >= 0.3 is 0 Å². The van der Waals surface area contributed by atoms with Crippen molar-refractivity contribution in [3.63, 3.8) is 0 Å². The molecule has 6 heteroatoms. The average molecular weight is 341 g/mol. The summed E-state index contributed by atoms with van der Waals surface area (Å²) in [6.07, 6.45) is 3.51. The molecule has 0 amide bonds. The van der Waals surface area contributed by atoms with Crippen LogP contribution in [0, 0.1) is 0 Å². The fourth-order valence-corrected chi connectivity index (χ4v) is 4.37. The molecular formula is C17H15N3OS2. The van der Waals surface area contributed by atoms with Gasteiger partial charge in [0.2, 0.25) is 0 Å². The van der Waals surface area contributed by atoms with E-state index >= 15 is 0 Å². The van der Waals surface area contributed by atoms with E-state index < -0.39 is 5.60 Å². The summed E-state index contributed by atoms with van der Waals surface area (Å²) in [5.41, 5.74) is -0.0683. The van der Waals surface area contributed by atoms with Crippen molar-refractivity contribution in [3.8, 4) is 0 Å². The summed E-state index contributed by atoms with van der Waals surface area (Å²) >= 11 is 3.20. The molecular weight excluding hydrogens is 326 g/mol. The van der Waals surface area contributed by atoms with E-state index in [9.17, 15) is 5.11 Å². The molecule has 3 heterocycles. The van der Waals surface area contributed by atoms with Gasteiger partial charge in [-0.05, 0) is 30.5 Å². The van der Waals surface area contributed by atoms with Crippen molar-refractivity contribution in [1.82, 2.24) is 9.97 Å². The summed E-state index contributed by atoms with van der Waals surface area (Å²) < 4.78 is 2.28. The lowest BCUT2D eigenvalue weighted by Crippen LogP contribution is -2.29. The van der Waals surface area contributed by atoms with Gasteiger partial charge in [-0.1, -0.05) is 29.5 Å². The van der Waals surface area contributed by atoms with Crippen molar-refractivity contribution in [2.45, 2.75) is 12.5 Å². The molecule has 3 aromatic heterocycles. The van der Waals surface area contributed by atoms with Gasteiger partial charge in [-0.2, -0.15) is 0 Å². The smallest absolute Gasteiger partial charge is 0.183 e. The number of nitrogens with zero attached hydrogens (tertiary/aromatic N) is 2. The quantitative estimate of drug-likeness (QED) is 0.583. The lowest BCUT2D eigenvalue weighted by Gasteiger charge is -2.21. The van der Waals surface area contributed by atoms with E-state index in [4.69, 9.17) is 0 Å². The third kappa shape index (κ3) is 2.81. The molecule has 0 aliphatic carbocycles. The monoisotopic (exact) mass is 341 g/mol. The number of hydrogen-bond acceptors (Lipinski definition) is 6. The molecule has 1 aromatic carbocycles. The normalized spacial score (nSPS) is 14.2. The molecule has 1 unspecified atom stereocenters. The maximum Gasteiger partial charge on any atom is 0.183 e. The summed E-state index contributed by atoms with van der Waals surface area (Å²) in [4.78, 5) is 9.52. The lowest BCUT2D eigenvalue weighted by atomic mass is 10.0. The van der Waals surface area contributed by atoms with Crippen molar-refractivity contribution in [2.24, 2.45) is 0 Å². The maximum absolute atomic E-state index is 10.8. The summed E-state index contributed by atoms with van der Waals surface area (Å²) in [6.45, 7) is 2.24. The predicted octanol–water partition coefficient (Wildman–Crippen LogP) is 4.23. The van der Waals surface area contributed by atoms with Crippen LogP contribution >= 0.6 is 22.7 Å². The minimum Gasteiger partial charge on any atom is -0.383 e. The van der Waals surface area contributed by atoms with E-state index in [0.29, 0.717) is 6.54 Å². The molecule has 1 atom stereocenters. The van der Waals surface area contributed by atoms with Gasteiger partial charge in [-0.15, -0.1) is 11.3 Å². The Morgan fingerprint density at radius 3 is 2.87 bits per heavy atom. The molecule has 0 radical (unpaired) electrons. The van der Waals surface area contributed by atoms with Gasteiger partial charge < -0.3 is 10.4 Å². The van der Waals surface area contributed by atoms with Crippen LogP contribution in [0.1, 0.15) is 11.8 Å². The molecule has 0 aliphatic rings. The van der Waals surface area contributed by atoms with Crippen molar-refractivity contribution in [1.29, 1.82) is 0 Å². The number of thiophene rings is 1. The first-order valence-corrected chi connectivity index (χ1v) is 8.91. The number of benzene rings is 1. The number of anilines is 1. The number of aromatic nitrogens is 2. The zero-order valence-corrected chi connectivity index (χ0v) is 14.1. The van der Waals surface area contributed by atoms with Gasteiger partial charge in [0, 0.05) is 15.8 Å².